The first-order chi connectivity index (χ1) is 15.0. The molecule has 0 saturated heterocycles. The highest BCUT2D eigenvalue weighted by atomic mass is 35.5. The highest BCUT2D eigenvalue weighted by Gasteiger charge is 2.21. The number of fused-ring (bicyclic) bond motifs is 1. The van der Waals surface area contributed by atoms with Gasteiger partial charge in [-0.05, 0) is 42.8 Å². The molecule has 0 bridgehead atoms. The summed E-state index contributed by atoms with van der Waals surface area (Å²) in [5, 5.41) is 3.06. The van der Waals surface area contributed by atoms with Gasteiger partial charge < -0.3 is 19.0 Å². The summed E-state index contributed by atoms with van der Waals surface area (Å²) in [6.07, 6.45) is 0.751. The number of ether oxygens (including phenoxy) is 1. The minimum absolute atomic E-state index is 0.127. The zero-order valence-corrected chi connectivity index (χ0v) is 17.5. The van der Waals surface area contributed by atoms with Crippen LogP contribution in [0.2, 0.25) is 5.02 Å². The van der Waals surface area contributed by atoms with E-state index >= 15 is 0 Å². The molecule has 31 heavy (non-hydrogen) atoms. The highest BCUT2D eigenvalue weighted by Crippen LogP contribution is 2.26. The van der Waals surface area contributed by atoms with Crippen molar-refractivity contribution in [1.29, 1.82) is 0 Å². The molecule has 0 aliphatic rings. The van der Waals surface area contributed by atoms with Crippen molar-refractivity contribution in [3.8, 4) is 0 Å². The predicted molar refractivity (Wildman–Crippen MR) is 116 cm³/mol. The summed E-state index contributed by atoms with van der Waals surface area (Å²) in [4.78, 5) is 28.9. The molecule has 4 rings (SSSR count). The molecule has 158 valence electrons. The maximum Gasteiger partial charge on any atom is 0.326 e. The van der Waals surface area contributed by atoms with E-state index in [1.165, 1.54) is 12.3 Å². The SMILES string of the molecule is C[C@H](OC(=O)CNC(=O)c1ccco1)c1nc2cc(Cl)ccc2n1Cc1ccccc1. The Hall–Kier alpha value is -3.58. The molecule has 2 aromatic heterocycles. The van der Waals surface area contributed by atoms with E-state index in [9.17, 15) is 9.59 Å². The van der Waals surface area contributed by atoms with Gasteiger partial charge in [0.25, 0.3) is 5.91 Å². The summed E-state index contributed by atoms with van der Waals surface area (Å²) in [6.45, 7) is 2.02. The van der Waals surface area contributed by atoms with E-state index < -0.39 is 18.0 Å². The first-order valence-corrected chi connectivity index (χ1v) is 10.1. The Morgan fingerprint density at radius 1 is 1.16 bits per heavy atom. The van der Waals surface area contributed by atoms with Crippen molar-refractivity contribution in [3.05, 3.63) is 89.1 Å². The number of hydrogen-bond acceptors (Lipinski definition) is 5. The van der Waals surface area contributed by atoms with Gasteiger partial charge in [0.05, 0.1) is 17.3 Å². The topological polar surface area (TPSA) is 86.4 Å². The van der Waals surface area contributed by atoms with Crippen molar-refractivity contribution in [2.24, 2.45) is 0 Å². The normalized spacial score (nSPS) is 11.9. The quantitative estimate of drug-likeness (QED) is 0.434. The molecule has 0 fully saturated rings. The summed E-state index contributed by atoms with van der Waals surface area (Å²) in [6, 6.07) is 18.5. The molecule has 7 nitrogen and oxygen atoms in total. The third-order valence-corrected chi connectivity index (χ3v) is 4.97. The monoisotopic (exact) mass is 437 g/mol. The van der Waals surface area contributed by atoms with Crippen LogP contribution in [0.3, 0.4) is 0 Å². The Bertz CT molecular complexity index is 1200. The Balaban J connectivity index is 1.52. The van der Waals surface area contributed by atoms with E-state index in [0.717, 1.165) is 11.1 Å². The summed E-state index contributed by atoms with van der Waals surface area (Å²) in [5.41, 5.74) is 2.69. The fraction of sp³-hybridized carbons (Fsp3) is 0.174. The number of imidazole rings is 1. The average Bonchev–Trinajstić information content (AvgIpc) is 3.41. The number of carbonyl (C=O) groups excluding carboxylic acids is 2. The van der Waals surface area contributed by atoms with E-state index in [0.29, 0.717) is 22.9 Å². The van der Waals surface area contributed by atoms with Crippen molar-refractivity contribution in [2.45, 2.75) is 19.6 Å². The van der Waals surface area contributed by atoms with Crippen molar-refractivity contribution in [3.63, 3.8) is 0 Å². The van der Waals surface area contributed by atoms with Crippen LogP contribution < -0.4 is 5.32 Å². The number of hydrogen-bond donors (Lipinski definition) is 1. The van der Waals surface area contributed by atoms with Crippen molar-refractivity contribution in [2.75, 3.05) is 6.54 Å². The van der Waals surface area contributed by atoms with Crippen LogP contribution in [0.4, 0.5) is 0 Å². The maximum atomic E-state index is 12.3. The smallest absolute Gasteiger partial charge is 0.326 e. The van der Waals surface area contributed by atoms with Gasteiger partial charge in [-0.2, -0.15) is 0 Å². The molecule has 1 N–H and O–H groups in total. The second-order valence-electron chi connectivity index (χ2n) is 6.97. The lowest BCUT2D eigenvalue weighted by molar-refractivity contribution is -0.147. The molecule has 0 radical (unpaired) electrons. The lowest BCUT2D eigenvalue weighted by Crippen LogP contribution is -2.31. The second-order valence-corrected chi connectivity index (χ2v) is 7.40. The average molecular weight is 438 g/mol. The van der Waals surface area contributed by atoms with E-state index in [1.807, 2.05) is 41.0 Å². The molecule has 1 atom stereocenters. The number of carbonyl (C=O) groups is 2. The first-order valence-electron chi connectivity index (χ1n) is 9.72. The van der Waals surface area contributed by atoms with Gasteiger partial charge in [0.15, 0.2) is 17.7 Å². The van der Waals surface area contributed by atoms with Crippen LogP contribution >= 0.6 is 11.6 Å². The number of benzene rings is 2. The number of amides is 1. The van der Waals surface area contributed by atoms with Gasteiger partial charge >= 0.3 is 5.97 Å². The van der Waals surface area contributed by atoms with Gasteiger partial charge in [-0.3, -0.25) is 9.59 Å². The van der Waals surface area contributed by atoms with Crippen LogP contribution in [0.25, 0.3) is 11.0 Å². The number of aromatic nitrogens is 2. The van der Waals surface area contributed by atoms with Gasteiger partial charge in [0.2, 0.25) is 0 Å². The first kappa shape index (κ1) is 20.7. The molecule has 2 aromatic carbocycles. The molecule has 0 saturated carbocycles. The molecular weight excluding hydrogens is 418 g/mol. The highest BCUT2D eigenvalue weighted by molar-refractivity contribution is 6.31. The van der Waals surface area contributed by atoms with Crippen LogP contribution in [0.15, 0.2) is 71.3 Å². The fourth-order valence-corrected chi connectivity index (χ4v) is 3.47. The van der Waals surface area contributed by atoms with Crippen LogP contribution in [0, 0.1) is 0 Å². The zero-order valence-electron chi connectivity index (χ0n) is 16.7. The molecule has 0 spiro atoms. The Morgan fingerprint density at radius 3 is 2.71 bits per heavy atom. The van der Waals surface area contributed by atoms with Gasteiger partial charge in [0.1, 0.15) is 6.54 Å². The summed E-state index contributed by atoms with van der Waals surface area (Å²) < 4.78 is 12.5. The third kappa shape index (κ3) is 4.78. The van der Waals surface area contributed by atoms with Gasteiger partial charge in [-0.25, -0.2) is 4.98 Å². The van der Waals surface area contributed by atoms with Crippen LogP contribution in [0.1, 0.15) is 35.0 Å². The van der Waals surface area contributed by atoms with Crippen LogP contribution in [-0.4, -0.2) is 28.0 Å². The summed E-state index contributed by atoms with van der Waals surface area (Å²) >= 11 is 6.14. The Labute approximate surface area is 183 Å². The Morgan fingerprint density at radius 2 is 1.97 bits per heavy atom. The number of rotatable bonds is 7. The third-order valence-electron chi connectivity index (χ3n) is 4.73. The van der Waals surface area contributed by atoms with E-state index in [-0.39, 0.29) is 12.3 Å². The van der Waals surface area contributed by atoms with Gasteiger partial charge in [-0.15, -0.1) is 0 Å². The van der Waals surface area contributed by atoms with Gasteiger partial charge in [0, 0.05) is 11.6 Å². The molecule has 0 aliphatic carbocycles. The molecule has 4 aromatic rings. The van der Waals surface area contributed by atoms with E-state index in [4.69, 9.17) is 20.8 Å². The zero-order chi connectivity index (χ0) is 21.8. The molecule has 1 amide bonds. The number of esters is 1. The number of nitrogens with zero attached hydrogens (tertiary/aromatic N) is 2. The van der Waals surface area contributed by atoms with Crippen LogP contribution in [-0.2, 0) is 16.1 Å². The van der Waals surface area contributed by atoms with Crippen molar-refractivity contribution < 1.29 is 18.7 Å². The van der Waals surface area contributed by atoms with Crippen molar-refractivity contribution in [1.82, 2.24) is 14.9 Å². The summed E-state index contributed by atoms with van der Waals surface area (Å²) in [7, 11) is 0. The molecule has 2 heterocycles. The van der Waals surface area contributed by atoms with E-state index in [1.54, 1.807) is 25.1 Å². The lowest BCUT2D eigenvalue weighted by Gasteiger charge is -2.16. The fourth-order valence-electron chi connectivity index (χ4n) is 3.30. The largest absolute Gasteiger partial charge is 0.459 e. The van der Waals surface area contributed by atoms with Gasteiger partial charge in [-0.1, -0.05) is 41.9 Å². The summed E-state index contributed by atoms with van der Waals surface area (Å²) in [5.74, 6) is -0.349. The Kier molecular flexibility index (Phi) is 6.04. The molecule has 0 unspecified atom stereocenters. The number of halogens is 1. The maximum absolute atomic E-state index is 12.3. The minimum atomic E-state index is -0.636. The van der Waals surface area contributed by atoms with Crippen LogP contribution in [0.5, 0.6) is 0 Å². The minimum Gasteiger partial charge on any atom is -0.459 e. The van der Waals surface area contributed by atoms with Crippen molar-refractivity contribution >= 4 is 34.5 Å². The number of furan rings is 1. The molecule has 8 heteroatoms. The molecule has 0 aliphatic heterocycles. The second kappa shape index (κ2) is 9.06. The standard InChI is InChI=1S/C23H20ClN3O4/c1-15(31-21(28)13-25-23(29)20-8-5-11-30-20)22-26-18-12-17(24)9-10-19(18)27(22)14-16-6-3-2-4-7-16/h2-12,15H,13-14H2,1H3,(H,25,29)/t15-/m0/s1. The molecular formula is C23H20ClN3O4. The predicted octanol–water partition coefficient (Wildman–Crippen LogP) is 4.37. The number of nitrogens with one attached hydrogen (secondary N) is 1. The lowest BCUT2D eigenvalue weighted by atomic mass is 10.2. The van der Waals surface area contributed by atoms with E-state index in [2.05, 4.69) is 10.3 Å².